The molecule has 4 heteroatoms. The van der Waals surface area contributed by atoms with Crippen molar-refractivity contribution in [2.24, 2.45) is 16.3 Å². The van der Waals surface area contributed by atoms with Gasteiger partial charge in [-0.1, -0.05) is 69.5 Å². The number of hydrogen-bond donors (Lipinski definition) is 3. The number of oxime groups is 1. The van der Waals surface area contributed by atoms with Crippen LogP contribution < -0.4 is 11.1 Å². The summed E-state index contributed by atoms with van der Waals surface area (Å²) >= 11 is 0. The van der Waals surface area contributed by atoms with Crippen molar-refractivity contribution < 1.29 is 5.21 Å². The lowest BCUT2D eigenvalue weighted by Crippen LogP contribution is -2.29. The van der Waals surface area contributed by atoms with Crippen LogP contribution >= 0.6 is 0 Å². The van der Waals surface area contributed by atoms with E-state index in [1.165, 1.54) is 31.2 Å². The molecule has 1 rings (SSSR count). The lowest BCUT2D eigenvalue weighted by molar-refractivity contribution is 0.302. The molecule has 0 aromatic heterocycles. The Morgan fingerprint density at radius 2 is 1.90 bits per heavy atom. The van der Waals surface area contributed by atoms with Crippen molar-refractivity contribution >= 4 is 5.84 Å². The van der Waals surface area contributed by atoms with Gasteiger partial charge in [-0.15, -0.1) is 0 Å². The summed E-state index contributed by atoms with van der Waals surface area (Å²) in [6, 6.07) is 7.76. The Morgan fingerprint density at radius 1 is 1.24 bits per heavy atom. The predicted molar refractivity (Wildman–Crippen MR) is 88.6 cm³/mol. The van der Waals surface area contributed by atoms with Crippen molar-refractivity contribution in [3.05, 3.63) is 35.4 Å². The summed E-state index contributed by atoms with van der Waals surface area (Å²) in [5.41, 5.74) is 7.82. The zero-order chi connectivity index (χ0) is 15.7. The molecular formula is C17H29N3O. The topological polar surface area (TPSA) is 70.6 Å². The van der Waals surface area contributed by atoms with E-state index in [0.29, 0.717) is 5.41 Å². The molecule has 0 amide bonds. The maximum atomic E-state index is 8.63. The number of nitrogens with zero attached hydrogens (tertiary/aromatic N) is 1. The Bertz CT molecular complexity index is 438. The molecule has 0 unspecified atom stereocenters. The molecule has 118 valence electrons. The van der Waals surface area contributed by atoms with E-state index in [-0.39, 0.29) is 5.84 Å². The molecule has 21 heavy (non-hydrogen) atoms. The van der Waals surface area contributed by atoms with Gasteiger partial charge in [0.05, 0.1) is 0 Å². The van der Waals surface area contributed by atoms with Gasteiger partial charge in [0.1, 0.15) is 0 Å². The van der Waals surface area contributed by atoms with Crippen molar-refractivity contribution in [2.45, 2.75) is 53.0 Å². The van der Waals surface area contributed by atoms with Gasteiger partial charge in [-0.25, -0.2) is 0 Å². The predicted octanol–water partition coefficient (Wildman–Crippen LogP) is 3.48. The Kier molecular flexibility index (Phi) is 7.23. The Labute approximate surface area is 128 Å². The first-order valence-electron chi connectivity index (χ1n) is 7.76. The number of amidine groups is 1. The van der Waals surface area contributed by atoms with Gasteiger partial charge in [-0.05, 0) is 17.4 Å². The van der Waals surface area contributed by atoms with Crippen LogP contribution in [0.2, 0.25) is 0 Å². The third-order valence-electron chi connectivity index (χ3n) is 3.75. The summed E-state index contributed by atoms with van der Waals surface area (Å²) in [5, 5.41) is 15.1. The van der Waals surface area contributed by atoms with Crippen LogP contribution in [0.4, 0.5) is 0 Å². The summed E-state index contributed by atoms with van der Waals surface area (Å²) in [5.74, 6) is 0.145. The molecule has 0 aliphatic rings. The lowest BCUT2D eigenvalue weighted by Gasteiger charge is -2.25. The number of rotatable bonds is 9. The highest BCUT2D eigenvalue weighted by Crippen LogP contribution is 2.22. The number of nitrogens with one attached hydrogen (secondary N) is 1. The first kappa shape index (κ1) is 17.5. The smallest absolute Gasteiger partial charge is 0.170 e. The fraction of sp³-hybridized carbons (Fsp3) is 0.588. The highest BCUT2D eigenvalue weighted by molar-refractivity contribution is 5.96. The molecule has 0 radical (unpaired) electrons. The molecule has 0 aliphatic heterocycles. The third-order valence-corrected chi connectivity index (χ3v) is 3.75. The maximum Gasteiger partial charge on any atom is 0.170 e. The normalized spacial score (nSPS) is 12.6. The van der Waals surface area contributed by atoms with Gasteiger partial charge in [-0.3, -0.25) is 0 Å². The van der Waals surface area contributed by atoms with E-state index in [1.54, 1.807) is 0 Å². The minimum absolute atomic E-state index is 0.145. The van der Waals surface area contributed by atoms with E-state index < -0.39 is 0 Å². The summed E-state index contributed by atoms with van der Waals surface area (Å²) in [6.45, 7) is 8.73. The Hall–Kier alpha value is -1.55. The van der Waals surface area contributed by atoms with Crippen molar-refractivity contribution in [2.75, 3.05) is 6.54 Å². The average molecular weight is 291 g/mol. The monoisotopic (exact) mass is 291 g/mol. The van der Waals surface area contributed by atoms with Crippen LogP contribution in [0.1, 0.15) is 57.6 Å². The summed E-state index contributed by atoms with van der Waals surface area (Å²) in [7, 11) is 0. The molecule has 1 aromatic carbocycles. The molecule has 4 nitrogen and oxygen atoms in total. The van der Waals surface area contributed by atoms with Crippen molar-refractivity contribution in [3.8, 4) is 0 Å². The second-order valence-corrected chi connectivity index (χ2v) is 6.41. The molecule has 4 N–H and O–H groups in total. The van der Waals surface area contributed by atoms with E-state index in [2.05, 4.69) is 31.2 Å². The van der Waals surface area contributed by atoms with Gasteiger partial charge in [0.2, 0.25) is 0 Å². The molecule has 0 spiro atoms. The molecule has 0 aliphatic carbocycles. The Morgan fingerprint density at radius 3 is 2.48 bits per heavy atom. The van der Waals surface area contributed by atoms with E-state index in [0.717, 1.165) is 18.7 Å². The van der Waals surface area contributed by atoms with E-state index in [9.17, 15) is 0 Å². The van der Waals surface area contributed by atoms with Gasteiger partial charge < -0.3 is 16.3 Å². The SMILES string of the molecule is CCCCCC(C)(C)CNCc1ccc(/C(N)=N/O)cc1. The molecule has 0 heterocycles. The van der Waals surface area contributed by atoms with Crippen molar-refractivity contribution in [1.82, 2.24) is 5.32 Å². The van der Waals surface area contributed by atoms with Crippen LogP contribution in [-0.4, -0.2) is 17.6 Å². The molecular weight excluding hydrogens is 262 g/mol. The highest BCUT2D eigenvalue weighted by atomic mass is 16.4. The standard InChI is InChI=1S/C17H29N3O/c1-4-5-6-11-17(2,3)13-19-12-14-7-9-15(10-8-14)16(18)20-21/h7-10,19,21H,4-6,11-13H2,1-3H3,(H2,18,20). The fourth-order valence-corrected chi connectivity index (χ4v) is 2.34. The van der Waals surface area contributed by atoms with Gasteiger partial charge in [0.25, 0.3) is 0 Å². The molecule has 0 saturated heterocycles. The van der Waals surface area contributed by atoms with E-state index >= 15 is 0 Å². The first-order valence-corrected chi connectivity index (χ1v) is 7.76. The lowest BCUT2D eigenvalue weighted by atomic mass is 9.87. The zero-order valence-electron chi connectivity index (χ0n) is 13.5. The van der Waals surface area contributed by atoms with Crippen LogP contribution in [0.25, 0.3) is 0 Å². The molecule has 0 fully saturated rings. The van der Waals surface area contributed by atoms with E-state index in [1.807, 2.05) is 24.3 Å². The number of hydrogen-bond acceptors (Lipinski definition) is 3. The van der Waals surface area contributed by atoms with Gasteiger partial charge in [0, 0.05) is 18.7 Å². The van der Waals surface area contributed by atoms with Crippen molar-refractivity contribution in [1.29, 1.82) is 0 Å². The van der Waals surface area contributed by atoms with Crippen LogP contribution in [0.15, 0.2) is 29.4 Å². The Balaban J connectivity index is 2.38. The second-order valence-electron chi connectivity index (χ2n) is 6.41. The van der Waals surface area contributed by atoms with Gasteiger partial charge >= 0.3 is 0 Å². The second kappa shape index (κ2) is 8.67. The van der Waals surface area contributed by atoms with Crippen molar-refractivity contribution in [3.63, 3.8) is 0 Å². The average Bonchev–Trinajstić information content (AvgIpc) is 2.47. The van der Waals surface area contributed by atoms with Crippen LogP contribution in [0.3, 0.4) is 0 Å². The number of benzene rings is 1. The third kappa shape index (κ3) is 6.63. The fourth-order valence-electron chi connectivity index (χ4n) is 2.34. The molecule has 0 bridgehead atoms. The zero-order valence-corrected chi connectivity index (χ0v) is 13.5. The first-order chi connectivity index (χ1) is 9.98. The molecule has 0 atom stereocenters. The number of nitrogens with two attached hydrogens (primary N) is 1. The molecule has 0 saturated carbocycles. The highest BCUT2D eigenvalue weighted by Gasteiger charge is 2.16. The number of unbranched alkanes of at least 4 members (excludes halogenated alkanes) is 2. The summed E-state index contributed by atoms with van der Waals surface area (Å²) in [6.07, 6.45) is 5.16. The van der Waals surface area contributed by atoms with Crippen LogP contribution in [-0.2, 0) is 6.54 Å². The van der Waals surface area contributed by atoms with E-state index in [4.69, 9.17) is 10.9 Å². The van der Waals surface area contributed by atoms with Gasteiger partial charge in [0.15, 0.2) is 5.84 Å². The van der Waals surface area contributed by atoms with Crippen LogP contribution in [0, 0.1) is 5.41 Å². The minimum atomic E-state index is 0.145. The molecule has 1 aromatic rings. The quantitative estimate of drug-likeness (QED) is 0.214. The summed E-state index contributed by atoms with van der Waals surface area (Å²) < 4.78 is 0. The largest absolute Gasteiger partial charge is 0.409 e. The van der Waals surface area contributed by atoms with Gasteiger partial charge in [-0.2, -0.15) is 0 Å². The van der Waals surface area contributed by atoms with Crippen LogP contribution in [0.5, 0.6) is 0 Å². The summed E-state index contributed by atoms with van der Waals surface area (Å²) in [4.78, 5) is 0. The minimum Gasteiger partial charge on any atom is -0.409 e. The maximum absolute atomic E-state index is 8.63.